The van der Waals surface area contributed by atoms with Gasteiger partial charge in [0, 0.05) is 19.1 Å². The van der Waals surface area contributed by atoms with Gasteiger partial charge in [-0.25, -0.2) is 0 Å². The van der Waals surface area contributed by atoms with Crippen molar-refractivity contribution in [1.29, 1.82) is 0 Å². The zero-order valence-electron chi connectivity index (χ0n) is 10.7. The van der Waals surface area contributed by atoms with E-state index in [1.807, 2.05) is 0 Å². The molecule has 1 aliphatic heterocycles. The Balaban J connectivity index is 2.44. The lowest BCUT2D eigenvalue weighted by Gasteiger charge is -2.38. The Labute approximate surface area is 95.2 Å². The highest BCUT2D eigenvalue weighted by Crippen LogP contribution is 2.22. The second-order valence-electron chi connectivity index (χ2n) is 5.43. The molecule has 0 aromatic rings. The number of hydrogen-bond donors (Lipinski definition) is 1. The van der Waals surface area contributed by atoms with Crippen LogP contribution in [0.2, 0.25) is 0 Å². The van der Waals surface area contributed by atoms with E-state index in [0.717, 1.165) is 18.4 Å². The van der Waals surface area contributed by atoms with E-state index in [4.69, 9.17) is 5.73 Å². The molecule has 1 fully saturated rings. The first-order valence-corrected chi connectivity index (χ1v) is 6.61. The summed E-state index contributed by atoms with van der Waals surface area (Å²) in [5, 5.41) is 0. The molecule has 1 rings (SSSR count). The van der Waals surface area contributed by atoms with E-state index in [0.29, 0.717) is 6.04 Å². The third-order valence-electron chi connectivity index (χ3n) is 3.66. The molecule has 0 spiro atoms. The van der Waals surface area contributed by atoms with Crippen LogP contribution < -0.4 is 5.73 Å². The second kappa shape index (κ2) is 6.49. The second-order valence-corrected chi connectivity index (χ2v) is 5.43. The summed E-state index contributed by atoms with van der Waals surface area (Å²) >= 11 is 0. The fraction of sp³-hybridized carbons (Fsp3) is 1.00. The largest absolute Gasteiger partial charge is 0.329 e. The first kappa shape index (κ1) is 13.0. The normalized spacial score (nSPS) is 25.8. The minimum Gasteiger partial charge on any atom is -0.329 e. The van der Waals surface area contributed by atoms with Gasteiger partial charge in [-0.05, 0) is 37.6 Å². The molecular formula is C13H28N2. The highest BCUT2D eigenvalue weighted by Gasteiger charge is 2.24. The van der Waals surface area contributed by atoms with Crippen molar-refractivity contribution in [3.05, 3.63) is 0 Å². The zero-order valence-corrected chi connectivity index (χ0v) is 10.7. The van der Waals surface area contributed by atoms with Crippen molar-refractivity contribution in [2.75, 3.05) is 19.6 Å². The molecule has 1 heterocycles. The van der Waals surface area contributed by atoms with Crippen LogP contribution in [-0.4, -0.2) is 30.6 Å². The lowest BCUT2D eigenvalue weighted by molar-refractivity contribution is 0.111. The summed E-state index contributed by atoms with van der Waals surface area (Å²) in [7, 11) is 0. The molecule has 0 radical (unpaired) electrons. The first-order chi connectivity index (χ1) is 7.17. The molecule has 0 aromatic heterocycles. The predicted molar refractivity (Wildman–Crippen MR) is 66.9 cm³/mol. The quantitative estimate of drug-likeness (QED) is 0.758. The van der Waals surface area contributed by atoms with Gasteiger partial charge in [0.2, 0.25) is 0 Å². The molecule has 15 heavy (non-hydrogen) atoms. The smallest absolute Gasteiger partial charge is 0.0220 e. The van der Waals surface area contributed by atoms with Gasteiger partial charge in [-0.1, -0.05) is 27.2 Å². The van der Waals surface area contributed by atoms with Crippen LogP contribution in [0.5, 0.6) is 0 Å². The van der Waals surface area contributed by atoms with Crippen LogP contribution in [0.25, 0.3) is 0 Å². The van der Waals surface area contributed by atoms with Crippen molar-refractivity contribution < 1.29 is 0 Å². The van der Waals surface area contributed by atoms with Crippen molar-refractivity contribution in [3.63, 3.8) is 0 Å². The number of piperidine rings is 1. The van der Waals surface area contributed by atoms with Crippen molar-refractivity contribution in [2.45, 2.75) is 52.5 Å². The van der Waals surface area contributed by atoms with Gasteiger partial charge in [0.05, 0.1) is 0 Å². The average molecular weight is 212 g/mol. The van der Waals surface area contributed by atoms with Gasteiger partial charge in [-0.2, -0.15) is 0 Å². The summed E-state index contributed by atoms with van der Waals surface area (Å²) in [6.07, 6.45) is 5.38. The first-order valence-electron chi connectivity index (χ1n) is 6.61. The van der Waals surface area contributed by atoms with E-state index in [-0.39, 0.29) is 0 Å². The van der Waals surface area contributed by atoms with Gasteiger partial charge < -0.3 is 5.73 Å². The van der Waals surface area contributed by atoms with Gasteiger partial charge in [0.15, 0.2) is 0 Å². The van der Waals surface area contributed by atoms with Gasteiger partial charge in [0.1, 0.15) is 0 Å². The van der Waals surface area contributed by atoms with Crippen LogP contribution in [-0.2, 0) is 0 Å². The Kier molecular flexibility index (Phi) is 5.62. The summed E-state index contributed by atoms with van der Waals surface area (Å²) in [6, 6.07) is 0.624. The highest BCUT2D eigenvalue weighted by molar-refractivity contribution is 4.80. The standard InChI is InChI=1S/C13H28N2/c1-4-12-6-5-7-15(10-12)13(9-14)8-11(2)3/h11-13H,4-10,14H2,1-3H3. The molecule has 0 aromatic carbocycles. The van der Waals surface area contributed by atoms with Crippen LogP contribution in [0.3, 0.4) is 0 Å². The highest BCUT2D eigenvalue weighted by atomic mass is 15.2. The Bertz CT molecular complexity index is 168. The fourth-order valence-electron chi connectivity index (χ4n) is 2.70. The summed E-state index contributed by atoms with van der Waals surface area (Å²) in [4.78, 5) is 2.64. The van der Waals surface area contributed by atoms with E-state index < -0.39 is 0 Å². The SMILES string of the molecule is CCC1CCCN(C(CN)CC(C)C)C1. The minimum atomic E-state index is 0.624. The number of likely N-dealkylation sites (tertiary alicyclic amines) is 1. The monoisotopic (exact) mass is 212 g/mol. The van der Waals surface area contributed by atoms with Gasteiger partial charge in [-0.3, -0.25) is 4.90 Å². The van der Waals surface area contributed by atoms with E-state index in [1.165, 1.54) is 38.8 Å². The molecule has 0 amide bonds. The summed E-state index contributed by atoms with van der Waals surface area (Å²) < 4.78 is 0. The molecule has 0 bridgehead atoms. The Morgan fingerprint density at radius 1 is 1.40 bits per heavy atom. The lowest BCUT2D eigenvalue weighted by Crippen LogP contribution is -2.46. The van der Waals surface area contributed by atoms with E-state index in [1.54, 1.807) is 0 Å². The summed E-state index contributed by atoms with van der Waals surface area (Å²) in [5.74, 6) is 1.68. The van der Waals surface area contributed by atoms with Crippen LogP contribution in [0.15, 0.2) is 0 Å². The predicted octanol–water partition coefficient (Wildman–Crippen LogP) is 2.48. The van der Waals surface area contributed by atoms with Crippen molar-refractivity contribution in [3.8, 4) is 0 Å². The number of nitrogens with two attached hydrogens (primary N) is 1. The Morgan fingerprint density at radius 3 is 2.67 bits per heavy atom. The molecule has 2 heteroatoms. The summed E-state index contributed by atoms with van der Waals surface area (Å²) in [5.41, 5.74) is 5.90. The maximum absolute atomic E-state index is 5.90. The van der Waals surface area contributed by atoms with Gasteiger partial charge in [-0.15, -0.1) is 0 Å². The van der Waals surface area contributed by atoms with Crippen molar-refractivity contribution in [1.82, 2.24) is 4.90 Å². The average Bonchev–Trinajstić information content (AvgIpc) is 2.25. The lowest BCUT2D eigenvalue weighted by atomic mass is 9.92. The van der Waals surface area contributed by atoms with E-state index in [9.17, 15) is 0 Å². The fourth-order valence-corrected chi connectivity index (χ4v) is 2.70. The van der Waals surface area contributed by atoms with Crippen LogP contribution in [0.4, 0.5) is 0 Å². The maximum Gasteiger partial charge on any atom is 0.0220 e. The molecule has 2 atom stereocenters. The Hall–Kier alpha value is -0.0800. The molecule has 2 N–H and O–H groups in total. The molecule has 0 saturated carbocycles. The van der Waals surface area contributed by atoms with Crippen LogP contribution in [0.1, 0.15) is 46.5 Å². The topological polar surface area (TPSA) is 29.3 Å². The zero-order chi connectivity index (χ0) is 11.3. The summed E-state index contributed by atoms with van der Waals surface area (Å²) in [6.45, 7) is 10.3. The third-order valence-corrected chi connectivity index (χ3v) is 3.66. The molecule has 90 valence electrons. The third kappa shape index (κ3) is 4.12. The molecule has 2 nitrogen and oxygen atoms in total. The van der Waals surface area contributed by atoms with Crippen molar-refractivity contribution >= 4 is 0 Å². The maximum atomic E-state index is 5.90. The number of hydrogen-bond acceptors (Lipinski definition) is 2. The minimum absolute atomic E-state index is 0.624. The van der Waals surface area contributed by atoms with Crippen LogP contribution >= 0.6 is 0 Å². The van der Waals surface area contributed by atoms with Crippen LogP contribution in [0, 0.1) is 11.8 Å². The molecule has 1 aliphatic rings. The van der Waals surface area contributed by atoms with Gasteiger partial charge >= 0.3 is 0 Å². The van der Waals surface area contributed by atoms with E-state index >= 15 is 0 Å². The number of rotatable bonds is 5. The molecule has 0 aliphatic carbocycles. The van der Waals surface area contributed by atoms with E-state index in [2.05, 4.69) is 25.7 Å². The molecule has 1 saturated heterocycles. The molecule has 2 unspecified atom stereocenters. The van der Waals surface area contributed by atoms with Crippen molar-refractivity contribution in [2.24, 2.45) is 17.6 Å². The Morgan fingerprint density at radius 2 is 2.13 bits per heavy atom. The van der Waals surface area contributed by atoms with Gasteiger partial charge in [0.25, 0.3) is 0 Å². The number of nitrogens with zero attached hydrogens (tertiary/aromatic N) is 1. The molecular weight excluding hydrogens is 184 g/mol.